The lowest BCUT2D eigenvalue weighted by molar-refractivity contribution is 1.19. The molecule has 0 aliphatic rings. The second kappa shape index (κ2) is 8.84. The molecule has 0 N–H and O–H groups in total. The van der Waals surface area contributed by atoms with Crippen molar-refractivity contribution in [3.8, 4) is 27.9 Å². The van der Waals surface area contributed by atoms with E-state index in [0.29, 0.717) is 0 Å². The molecular formula is C36H22ClNS. The molecule has 184 valence electrons. The Balaban J connectivity index is 1.43. The SMILES string of the molecule is Clc1ccc2c(c1)sc1ccc(-n3c4ccc(-c5ccccc5)cc4c4ccc(-c5ccccc5)cc43)cc12. The van der Waals surface area contributed by atoms with Gasteiger partial charge in [-0.15, -0.1) is 11.3 Å². The van der Waals surface area contributed by atoms with Crippen molar-refractivity contribution in [1.82, 2.24) is 4.57 Å². The molecule has 0 unspecified atom stereocenters. The Morgan fingerprint density at radius 3 is 1.90 bits per heavy atom. The molecule has 0 saturated carbocycles. The molecule has 0 saturated heterocycles. The molecule has 0 bridgehead atoms. The first-order chi connectivity index (χ1) is 19.2. The molecule has 0 aliphatic carbocycles. The lowest BCUT2D eigenvalue weighted by atomic mass is 10.0. The quantitative estimate of drug-likeness (QED) is 0.212. The number of rotatable bonds is 3. The smallest absolute Gasteiger partial charge is 0.0547 e. The lowest BCUT2D eigenvalue weighted by Gasteiger charge is -2.10. The molecular weight excluding hydrogens is 514 g/mol. The Morgan fingerprint density at radius 1 is 0.436 bits per heavy atom. The van der Waals surface area contributed by atoms with Gasteiger partial charge in [0.1, 0.15) is 0 Å². The minimum absolute atomic E-state index is 0.777. The first-order valence-electron chi connectivity index (χ1n) is 13.0. The van der Waals surface area contributed by atoms with Crippen LogP contribution in [0.25, 0.3) is 69.9 Å². The van der Waals surface area contributed by atoms with Crippen molar-refractivity contribution in [2.24, 2.45) is 0 Å². The zero-order chi connectivity index (χ0) is 25.9. The van der Waals surface area contributed by atoms with Gasteiger partial charge in [-0.3, -0.25) is 0 Å². The molecule has 8 aromatic rings. The number of hydrogen-bond acceptors (Lipinski definition) is 1. The summed E-state index contributed by atoms with van der Waals surface area (Å²) in [4.78, 5) is 0. The van der Waals surface area contributed by atoms with Gasteiger partial charge in [0.2, 0.25) is 0 Å². The first-order valence-corrected chi connectivity index (χ1v) is 14.2. The van der Waals surface area contributed by atoms with Crippen LogP contribution >= 0.6 is 22.9 Å². The standard InChI is InChI=1S/C36H22ClNS/c37-27-13-16-30-32-22-28(14-18-35(32)39-36(30)21-27)38-33-17-12-25(23-7-3-1-4-8-23)19-31(33)29-15-11-26(20-34(29)38)24-9-5-2-6-10-24/h1-22H. The third-order valence-corrected chi connectivity index (χ3v) is 9.02. The highest BCUT2D eigenvalue weighted by molar-refractivity contribution is 7.25. The number of fused-ring (bicyclic) bond motifs is 6. The van der Waals surface area contributed by atoms with Crippen LogP contribution in [0.1, 0.15) is 0 Å². The molecule has 3 heteroatoms. The summed E-state index contributed by atoms with van der Waals surface area (Å²) in [5.41, 5.74) is 8.46. The third kappa shape index (κ3) is 3.68. The molecule has 0 amide bonds. The van der Waals surface area contributed by atoms with E-state index in [9.17, 15) is 0 Å². The van der Waals surface area contributed by atoms with E-state index in [2.05, 4.69) is 132 Å². The summed E-state index contributed by atoms with van der Waals surface area (Å²) in [6.45, 7) is 0. The lowest BCUT2D eigenvalue weighted by Crippen LogP contribution is -1.94. The molecule has 1 nitrogen and oxygen atoms in total. The van der Waals surface area contributed by atoms with Crippen LogP contribution in [0.5, 0.6) is 0 Å². The molecule has 0 atom stereocenters. The van der Waals surface area contributed by atoms with E-state index in [1.165, 1.54) is 64.2 Å². The maximum absolute atomic E-state index is 6.31. The Kier molecular flexibility index (Phi) is 5.12. The fourth-order valence-corrected chi connectivity index (χ4v) is 7.16. The van der Waals surface area contributed by atoms with E-state index >= 15 is 0 Å². The molecule has 0 radical (unpaired) electrons. The van der Waals surface area contributed by atoms with Gasteiger partial charge in [0.25, 0.3) is 0 Å². The predicted molar refractivity (Wildman–Crippen MR) is 170 cm³/mol. The van der Waals surface area contributed by atoms with Crippen LogP contribution in [-0.4, -0.2) is 4.57 Å². The minimum atomic E-state index is 0.777. The van der Waals surface area contributed by atoms with Crippen LogP contribution in [0, 0.1) is 0 Å². The summed E-state index contributed by atoms with van der Waals surface area (Å²) in [5, 5.41) is 5.80. The van der Waals surface area contributed by atoms with E-state index in [1.54, 1.807) is 11.3 Å². The van der Waals surface area contributed by atoms with Crippen molar-refractivity contribution < 1.29 is 0 Å². The van der Waals surface area contributed by atoms with Crippen LogP contribution in [0.2, 0.25) is 5.02 Å². The van der Waals surface area contributed by atoms with Gasteiger partial charge in [0.15, 0.2) is 0 Å². The van der Waals surface area contributed by atoms with Gasteiger partial charge in [-0.1, -0.05) is 96.5 Å². The summed E-state index contributed by atoms with van der Waals surface area (Å²) in [7, 11) is 0. The van der Waals surface area contributed by atoms with Gasteiger partial charge in [-0.25, -0.2) is 0 Å². The summed E-state index contributed by atoms with van der Waals surface area (Å²) in [6, 6.07) is 48.0. The number of benzene rings is 6. The number of thiophene rings is 1. The highest BCUT2D eigenvalue weighted by Crippen LogP contribution is 2.40. The zero-order valence-electron chi connectivity index (χ0n) is 20.9. The Bertz CT molecular complexity index is 2170. The van der Waals surface area contributed by atoms with Gasteiger partial charge in [0, 0.05) is 41.7 Å². The van der Waals surface area contributed by atoms with Crippen molar-refractivity contribution >= 4 is 64.9 Å². The highest BCUT2D eigenvalue weighted by Gasteiger charge is 2.16. The topological polar surface area (TPSA) is 4.93 Å². The maximum Gasteiger partial charge on any atom is 0.0547 e. The normalized spacial score (nSPS) is 11.7. The fourth-order valence-electron chi connectivity index (χ4n) is 5.80. The number of halogens is 1. The van der Waals surface area contributed by atoms with Crippen LogP contribution in [0.15, 0.2) is 133 Å². The van der Waals surface area contributed by atoms with Crippen molar-refractivity contribution in [3.63, 3.8) is 0 Å². The average molecular weight is 536 g/mol. The van der Waals surface area contributed by atoms with Crippen LogP contribution in [0.4, 0.5) is 0 Å². The number of aromatic nitrogens is 1. The number of hydrogen-bond donors (Lipinski definition) is 0. The summed E-state index contributed by atoms with van der Waals surface area (Å²) >= 11 is 8.11. The van der Waals surface area contributed by atoms with E-state index in [0.717, 1.165) is 10.7 Å². The van der Waals surface area contributed by atoms with E-state index < -0.39 is 0 Å². The molecule has 6 aromatic carbocycles. The van der Waals surface area contributed by atoms with Gasteiger partial charge in [0.05, 0.1) is 11.0 Å². The Hall–Kier alpha value is -4.37. The zero-order valence-corrected chi connectivity index (χ0v) is 22.5. The van der Waals surface area contributed by atoms with Gasteiger partial charge in [-0.05, 0) is 70.8 Å². The fraction of sp³-hybridized carbons (Fsp3) is 0. The van der Waals surface area contributed by atoms with Crippen molar-refractivity contribution in [2.45, 2.75) is 0 Å². The van der Waals surface area contributed by atoms with E-state index in [-0.39, 0.29) is 0 Å². The molecule has 8 rings (SSSR count). The minimum Gasteiger partial charge on any atom is -0.309 e. The summed E-state index contributed by atoms with van der Waals surface area (Å²) in [5.74, 6) is 0. The van der Waals surface area contributed by atoms with Crippen LogP contribution in [-0.2, 0) is 0 Å². The predicted octanol–water partition coefficient (Wildman–Crippen LogP) is 11.1. The number of nitrogens with zero attached hydrogens (tertiary/aromatic N) is 1. The molecule has 0 fully saturated rings. The molecule has 2 aromatic heterocycles. The molecule has 2 heterocycles. The Morgan fingerprint density at radius 2 is 1.13 bits per heavy atom. The van der Waals surface area contributed by atoms with Gasteiger partial charge < -0.3 is 4.57 Å². The van der Waals surface area contributed by atoms with Crippen molar-refractivity contribution in [1.29, 1.82) is 0 Å². The summed E-state index contributed by atoms with van der Waals surface area (Å²) in [6.07, 6.45) is 0. The van der Waals surface area contributed by atoms with Gasteiger partial charge >= 0.3 is 0 Å². The Labute approximate surface area is 235 Å². The van der Waals surface area contributed by atoms with Gasteiger partial charge in [-0.2, -0.15) is 0 Å². The second-order valence-corrected chi connectivity index (χ2v) is 11.5. The average Bonchev–Trinajstić information content (AvgIpc) is 3.51. The van der Waals surface area contributed by atoms with Crippen LogP contribution in [0.3, 0.4) is 0 Å². The first kappa shape index (κ1) is 22.6. The monoisotopic (exact) mass is 535 g/mol. The van der Waals surface area contributed by atoms with Crippen molar-refractivity contribution in [2.75, 3.05) is 0 Å². The third-order valence-electron chi connectivity index (χ3n) is 7.66. The van der Waals surface area contributed by atoms with Crippen LogP contribution < -0.4 is 0 Å². The van der Waals surface area contributed by atoms with E-state index in [1.807, 2.05) is 6.07 Å². The second-order valence-electron chi connectivity index (χ2n) is 9.95. The molecule has 0 spiro atoms. The summed E-state index contributed by atoms with van der Waals surface area (Å²) < 4.78 is 4.91. The van der Waals surface area contributed by atoms with Crippen molar-refractivity contribution in [3.05, 3.63) is 138 Å². The highest BCUT2D eigenvalue weighted by atomic mass is 35.5. The largest absolute Gasteiger partial charge is 0.309 e. The molecule has 0 aliphatic heterocycles. The molecule has 39 heavy (non-hydrogen) atoms. The maximum atomic E-state index is 6.31. The van der Waals surface area contributed by atoms with E-state index in [4.69, 9.17) is 11.6 Å².